The zero-order valence-electron chi connectivity index (χ0n) is 17.7. The Morgan fingerprint density at radius 2 is 1.77 bits per heavy atom. The number of hydrogen-bond acceptors (Lipinski definition) is 4. The minimum atomic E-state index is -0.226. The molecule has 0 saturated carbocycles. The van der Waals surface area contributed by atoms with Crippen LogP contribution in [0.25, 0.3) is 0 Å². The maximum absolute atomic E-state index is 13.1. The fraction of sp³-hybridized carbons (Fsp3) is 0.240. The number of pyridine rings is 1. The summed E-state index contributed by atoms with van der Waals surface area (Å²) in [5, 5.41) is 2.91. The van der Waals surface area contributed by atoms with E-state index in [2.05, 4.69) is 22.4 Å². The first kappa shape index (κ1) is 20.6. The Bertz CT molecular complexity index is 1080. The molecule has 0 radical (unpaired) electrons. The lowest BCUT2D eigenvalue weighted by atomic mass is 9.98. The Morgan fingerprint density at radius 1 is 1.03 bits per heavy atom. The number of anilines is 1. The van der Waals surface area contributed by atoms with E-state index in [-0.39, 0.29) is 11.8 Å². The van der Waals surface area contributed by atoms with Crippen LogP contribution in [-0.2, 0) is 0 Å². The van der Waals surface area contributed by atoms with Crippen LogP contribution in [0.5, 0.6) is 5.75 Å². The van der Waals surface area contributed by atoms with Gasteiger partial charge in [0.15, 0.2) is 0 Å². The third-order valence-electron chi connectivity index (χ3n) is 5.74. The number of likely N-dealkylation sites (tertiary alicyclic amines) is 1. The van der Waals surface area contributed by atoms with Crippen molar-refractivity contribution < 1.29 is 14.3 Å². The fourth-order valence-corrected chi connectivity index (χ4v) is 3.86. The van der Waals surface area contributed by atoms with Gasteiger partial charge in [-0.2, -0.15) is 0 Å². The van der Waals surface area contributed by atoms with E-state index in [9.17, 15) is 9.59 Å². The highest BCUT2D eigenvalue weighted by Crippen LogP contribution is 2.30. The van der Waals surface area contributed by atoms with Crippen LogP contribution in [0, 0.1) is 6.92 Å². The topological polar surface area (TPSA) is 71.5 Å². The molecule has 2 aromatic carbocycles. The fourth-order valence-electron chi connectivity index (χ4n) is 3.86. The number of nitrogens with zero attached hydrogens (tertiary/aromatic N) is 2. The summed E-state index contributed by atoms with van der Waals surface area (Å²) >= 11 is 0. The van der Waals surface area contributed by atoms with Crippen LogP contribution in [0.2, 0.25) is 0 Å². The van der Waals surface area contributed by atoms with E-state index < -0.39 is 0 Å². The summed E-state index contributed by atoms with van der Waals surface area (Å²) in [6.07, 6.45) is 4.08. The first-order valence-electron chi connectivity index (χ1n) is 10.3. The average molecular weight is 415 g/mol. The number of methoxy groups -OCH3 is 1. The largest absolute Gasteiger partial charge is 0.497 e. The molecule has 1 aromatic heterocycles. The third kappa shape index (κ3) is 4.58. The summed E-state index contributed by atoms with van der Waals surface area (Å²) in [6.45, 7) is 3.30. The molecule has 2 heterocycles. The number of carbonyl (C=O) groups is 2. The van der Waals surface area contributed by atoms with Crippen molar-refractivity contribution in [1.29, 1.82) is 0 Å². The standard InChI is InChI=1S/C25H25N3O3/c1-17-3-4-20(15-23(17)27-24(29)19-9-12-26-13-10-19)25(30)28-14-11-21(16-28)18-5-7-22(31-2)8-6-18/h3-10,12-13,15,21H,11,14,16H2,1-2H3,(H,27,29). The van der Waals surface area contributed by atoms with E-state index >= 15 is 0 Å². The van der Waals surface area contributed by atoms with E-state index in [1.165, 1.54) is 5.56 Å². The van der Waals surface area contributed by atoms with E-state index in [1.807, 2.05) is 36.1 Å². The van der Waals surface area contributed by atoms with Gasteiger partial charge in [-0.1, -0.05) is 18.2 Å². The molecule has 1 aliphatic rings. The Kier molecular flexibility index (Phi) is 5.98. The van der Waals surface area contributed by atoms with Crippen LogP contribution in [0.4, 0.5) is 5.69 Å². The van der Waals surface area contributed by atoms with Crippen LogP contribution in [0.15, 0.2) is 67.0 Å². The highest BCUT2D eigenvalue weighted by Gasteiger charge is 2.28. The molecule has 3 aromatic rings. The average Bonchev–Trinajstić information content (AvgIpc) is 3.31. The van der Waals surface area contributed by atoms with Crippen molar-refractivity contribution in [3.05, 3.63) is 89.2 Å². The molecule has 0 spiro atoms. The lowest BCUT2D eigenvalue weighted by Crippen LogP contribution is -2.28. The molecule has 1 saturated heterocycles. The number of rotatable bonds is 5. The van der Waals surface area contributed by atoms with Crippen molar-refractivity contribution in [1.82, 2.24) is 9.88 Å². The van der Waals surface area contributed by atoms with Crippen molar-refractivity contribution in [2.24, 2.45) is 0 Å². The van der Waals surface area contributed by atoms with E-state index in [4.69, 9.17) is 4.74 Å². The van der Waals surface area contributed by atoms with Crippen molar-refractivity contribution in [2.75, 3.05) is 25.5 Å². The molecule has 0 aliphatic carbocycles. The number of hydrogen-bond donors (Lipinski definition) is 1. The Morgan fingerprint density at radius 3 is 2.48 bits per heavy atom. The number of carbonyl (C=O) groups excluding carboxylic acids is 2. The molecule has 2 amide bonds. The molecule has 1 aliphatic heterocycles. The maximum Gasteiger partial charge on any atom is 0.255 e. The van der Waals surface area contributed by atoms with Crippen LogP contribution >= 0.6 is 0 Å². The molecule has 4 rings (SSSR count). The summed E-state index contributed by atoms with van der Waals surface area (Å²) in [5.41, 5.74) is 3.85. The van der Waals surface area contributed by atoms with Gasteiger partial charge in [0.05, 0.1) is 7.11 Å². The Hall–Kier alpha value is -3.67. The van der Waals surface area contributed by atoms with E-state index in [0.29, 0.717) is 35.8 Å². The molecule has 1 fully saturated rings. The van der Waals surface area contributed by atoms with Gasteiger partial charge >= 0.3 is 0 Å². The van der Waals surface area contributed by atoms with Gasteiger partial charge in [0, 0.05) is 48.2 Å². The van der Waals surface area contributed by atoms with Crippen molar-refractivity contribution >= 4 is 17.5 Å². The highest BCUT2D eigenvalue weighted by atomic mass is 16.5. The van der Waals surface area contributed by atoms with Crippen molar-refractivity contribution in [2.45, 2.75) is 19.3 Å². The molecule has 1 atom stereocenters. The Balaban J connectivity index is 1.46. The molecule has 31 heavy (non-hydrogen) atoms. The number of benzene rings is 2. The van der Waals surface area contributed by atoms with Crippen LogP contribution in [-0.4, -0.2) is 41.9 Å². The number of amides is 2. The number of aryl methyl sites for hydroxylation is 1. The molecule has 1 N–H and O–H groups in total. The Labute approximate surface area is 181 Å². The van der Waals surface area contributed by atoms with Gasteiger partial charge in [-0.15, -0.1) is 0 Å². The smallest absolute Gasteiger partial charge is 0.255 e. The second-order valence-corrected chi connectivity index (χ2v) is 7.73. The van der Waals surface area contributed by atoms with Gasteiger partial charge in [0.1, 0.15) is 5.75 Å². The monoisotopic (exact) mass is 415 g/mol. The minimum absolute atomic E-state index is 0.0181. The van der Waals surface area contributed by atoms with Gasteiger partial charge in [-0.3, -0.25) is 14.6 Å². The molecular formula is C25H25N3O3. The SMILES string of the molecule is COc1ccc(C2CCN(C(=O)c3ccc(C)c(NC(=O)c4ccncc4)c3)C2)cc1. The zero-order valence-corrected chi connectivity index (χ0v) is 17.7. The molecule has 6 nitrogen and oxygen atoms in total. The highest BCUT2D eigenvalue weighted by molar-refractivity contribution is 6.05. The van der Waals surface area contributed by atoms with Gasteiger partial charge in [0.25, 0.3) is 11.8 Å². The van der Waals surface area contributed by atoms with Gasteiger partial charge < -0.3 is 15.0 Å². The summed E-state index contributed by atoms with van der Waals surface area (Å²) in [5.74, 6) is 0.896. The maximum atomic E-state index is 13.1. The lowest BCUT2D eigenvalue weighted by molar-refractivity contribution is 0.0790. The van der Waals surface area contributed by atoms with E-state index in [0.717, 1.165) is 17.7 Å². The quantitative estimate of drug-likeness (QED) is 0.675. The third-order valence-corrected chi connectivity index (χ3v) is 5.74. The second kappa shape index (κ2) is 9.00. The van der Waals surface area contributed by atoms with Crippen molar-refractivity contribution in [3.63, 3.8) is 0 Å². The summed E-state index contributed by atoms with van der Waals surface area (Å²) in [7, 11) is 1.65. The predicted octanol–water partition coefficient (Wildman–Crippen LogP) is 4.28. The molecule has 6 heteroatoms. The summed E-state index contributed by atoms with van der Waals surface area (Å²) in [4.78, 5) is 31.5. The van der Waals surface area contributed by atoms with Crippen LogP contribution in [0.1, 0.15) is 44.2 Å². The summed E-state index contributed by atoms with van der Waals surface area (Å²) < 4.78 is 5.23. The predicted molar refractivity (Wildman–Crippen MR) is 120 cm³/mol. The molecular weight excluding hydrogens is 390 g/mol. The lowest BCUT2D eigenvalue weighted by Gasteiger charge is -2.18. The summed E-state index contributed by atoms with van der Waals surface area (Å²) in [6, 6.07) is 16.8. The number of nitrogens with one attached hydrogen (secondary N) is 1. The van der Waals surface area contributed by atoms with Gasteiger partial charge in [-0.05, 0) is 60.9 Å². The molecule has 0 bridgehead atoms. The second-order valence-electron chi connectivity index (χ2n) is 7.73. The molecule has 158 valence electrons. The van der Waals surface area contributed by atoms with Gasteiger partial charge in [-0.25, -0.2) is 0 Å². The van der Waals surface area contributed by atoms with E-state index in [1.54, 1.807) is 37.7 Å². The minimum Gasteiger partial charge on any atom is -0.497 e. The first-order chi connectivity index (χ1) is 15.0. The first-order valence-corrected chi connectivity index (χ1v) is 10.3. The molecule has 1 unspecified atom stereocenters. The number of aromatic nitrogens is 1. The number of ether oxygens (including phenoxy) is 1. The van der Waals surface area contributed by atoms with Crippen LogP contribution < -0.4 is 10.1 Å². The van der Waals surface area contributed by atoms with Crippen LogP contribution in [0.3, 0.4) is 0 Å². The normalized spacial score (nSPS) is 15.5. The zero-order chi connectivity index (χ0) is 21.8. The van der Waals surface area contributed by atoms with Crippen molar-refractivity contribution in [3.8, 4) is 5.75 Å². The van der Waals surface area contributed by atoms with Gasteiger partial charge in [0.2, 0.25) is 0 Å².